The molecular weight excluding hydrogens is 396 g/mol. The third kappa shape index (κ3) is 4.19. The van der Waals surface area contributed by atoms with Gasteiger partial charge in [-0.3, -0.25) is 14.5 Å². The first-order valence-corrected chi connectivity index (χ1v) is 10.8. The summed E-state index contributed by atoms with van der Waals surface area (Å²) in [5, 5.41) is 2.76. The summed E-state index contributed by atoms with van der Waals surface area (Å²) in [6.45, 7) is 2.45. The number of rotatable bonds is 6. The Balaban J connectivity index is 1.61. The Kier molecular flexibility index (Phi) is 6.05. The maximum Gasteiger partial charge on any atom is 0.255 e. The van der Waals surface area contributed by atoms with E-state index in [9.17, 15) is 9.59 Å². The summed E-state index contributed by atoms with van der Waals surface area (Å²) < 4.78 is 5.75. The number of carbonyl (C=O) groups is 2. The zero-order chi connectivity index (χ0) is 20.9. The Morgan fingerprint density at radius 2 is 1.83 bits per heavy atom. The molecule has 1 N–H and O–H groups in total. The van der Waals surface area contributed by atoms with Crippen LogP contribution in [0.15, 0.2) is 78.9 Å². The summed E-state index contributed by atoms with van der Waals surface area (Å²) in [6.07, 6.45) is 0. The minimum atomic E-state index is -0.187. The highest BCUT2D eigenvalue weighted by Crippen LogP contribution is 2.45. The maximum absolute atomic E-state index is 12.7. The maximum atomic E-state index is 12.7. The van der Waals surface area contributed by atoms with Gasteiger partial charge in [0.15, 0.2) is 0 Å². The number of para-hydroxylation sites is 2. The zero-order valence-corrected chi connectivity index (χ0v) is 17.4. The van der Waals surface area contributed by atoms with E-state index >= 15 is 0 Å². The summed E-state index contributed by atoms with van der Waals surface area (Å²) in [4.78, 5) is 27.0. The van der Waals surface area contributed by atoms with Crippen LogP contribution in [0.25, 0.3) is 0 Å². The van der Waals surface area contributed by atoms with Crippen LogP contribution in [0.3, 0.4) is 0 Å². The average molecular weight is 419 g/mol. The van der Waals surface area contributed by atoms with Gasteiger partial charge in [0.1, 0.15) is 11.1 Å². The highest BCUT2D eigenvalue weighted by atomic mass is 32.2. The lowest BCUT2D eigenvalue weighted by Crippen LogP contribution is -2.28. The van der Waals surface area contributed by atoms with E-state index in [0.29, 0.717) is 29.4 Å². The number of benzene rings is 3. The van der Waals surface area contributed by atoms with E-state index in [-0.39, 0.29) is 17.2 Å². The number of thioether (sulfide) groups is 1. The van der Waals surface area contributed by atoms with Crippen molar-refractivity contribution in [1.82, 2.24) is 0 Å². The number of hydrogen-bond donors (Lipinski definition) is 1. The minimum Gasteiger partial charge on any atom is -0.492 e. The highest BCUT2D eigenvalue weighted by Gasteiger charge is 2.35. The summed E-state index contributed by atoms with van der Waals surface area (Å²) in [5.74, 6) is 0.956. The third-order valence-electron chi connectivity index (χ3n) is 4.76. The predicted octanol–water partition coefficient (Wildman–Crippen LogP) is 5.12. The van der Waals surface area contributed by atoms with Gasteiger partial charge in [-0.2, -0.15) is 0 Å². The van der Waals surface area contributed by atoms with Crippen molar-refractivity contribution in [2.45, 2.75) is 12.3 Å². The van der Waals surface area contributed by atoms with Crippen LogP contribution in [0.2, 0.25) is 0 Å². The molecule has 0 radical (unpaired) electrons. The van der Waals surface area contributed by atoms with E-state index in [2.05, 4.69) is 5.32 Å². The lowest BCUT2D eigenvalue weighted by molar-refractivity contribution is -0.115. The van der Waals surface area contributed by atoms with Crippen LogP contribution in [0.5, 0.6) is 5.75 Å². The Morgan fingerprint density at radius 1 is 1.07 bits per heavy atom. The molecule has 2 amide bonds. The van der Waals surface area contributed by atoms with Crippen molar-refractivity contribution in [3.05, 3.63) is 90.0 Å². The molecule has 0 spiro atoms. The van der Waals surface area contributed by atoms with E-state index in [0.717, 1.165) is 11.3 Å². The van der Waals surface area contributed by atoms with Crippen molar-refractivity contribution >= 4 is 35.0 Å². The molecule has 152 valence electrons. The number of hydrogen-bond acceptors (Lipinski definition) is 4. The summed E-state index contributed by atoms with van der Waals surface area (Å²) in [7, 11) is 0. The van der Waals surface area contributed by atoms with Crippen LogP contribution in [-0.2, 0) is 4.79 Å². The van der Waals surface area contributed by atoms with Gasteiger partial charge in [-0.1, -0.05) is 42.5 Å². The third-order valence-corrected chi connectivity index (χ3v) is 5.97. The lowest BCUT2D eigenvalue weighted by atomic mass is 10.1. The van der Waals surface area contributed by atoms with Crippen molar-refractivity contribution in [2.75, 3.05) is 22.6 Å². The number of carbonyl (C=O) groups excluding carboxylic acids is 2. The largest absolute Gasteiger partial charge is 0.492 e. The Bertz CT molecular complexity index is 1060. The second-order valence-corrected chi connectivity index (χ2v) is 7.84. The van der Waals surface area contributed by atoms with Gasteiger partial charge in [-0.25, -0.2) is 0 Å². The first-order chi connectivity index (χ1) is 14.7. The van der Waals surface area contributed by atoms with Crippen LogP contribution < -0.4 is 15.0 Å². The first-order valence-electron chi connectivity index (χ1n) is 9.79. The molecule has 1 atom stereocenters. The number of nitrogens with zero attached hydrogens (tertiary/aromatic N) is 1. The first kappa shape index (κ1) is 20.0. The molecule has 30 heavy (non-hydrogen) atoms. The van der Waals surface area contributed by atoms with Crippen LogP contribution in [0.4, 0.5) is 11.4 Å². The Labute approximate surface area is 180 Å². The molecule has 0 saturated carbocycles. The van der Waals surface area contributed by atoms with Gasteiger partial charge in [-0.15, -0.1) is 11.8 Å². The fraction of sp³-hybridized carbons (Fsp3) is 0.167. The molecule has 0 aromatic heterocycles. The van der Waals surface area contributed by atoms with Gasteiger partial charge in [0.25, 0.3) is 5.91 Å². The summed E-state index contributed by atoms with van der Waals surface area (Å²) >= 11 is 1.57. The van der Waals surface area contributed by atoms with E-state index in [1.54, 1.807) is 28.8 Å². The monoisotopic (exact) mass is 418 g/mol. The highest BCUT2D eigenvalue weighted by molar-refractivity contribution is 8.00. The molecule has 5 nitrogen and oxygen atoms in total. The van der Waals surface area contributed by atoms with Gasteiger partial charge in [0, 0.05) is 11.3 Å². The molecule has 6 heteroatoms. The van der Waals surface area contributed by atoms with Gasteiger partial charge >= 0.3 is 0 Å². The fourth-order valence-electron chi connectivity index (χ4n) is 3.43. The molecule has 4 rings (SSSR count). The minimum absolute atomic E-state index is 0.0378. The van der Waals surface area contributed by atoms with Gasteiger partial charge in [0.2, 0.25) is 5.91 Å². The Hall–Kier alpha value is -3.25. The van der Waals surface area contributed by atoms with E-state index in [1.807, 2.05) is 73.7 Å². The normalized spacial score (nSPS) is 15.8. The second-order valence-electron chi connectivity index (χ2n) is 6.77. The molecule has 1 fully saturated rings. The molecule has 1 heterocycles. The topological polar surface area (TPSA) is 58.6 Å². The average Bonchev–Trinajstić information content (AvgIpc) is 3.16. The lowest BCUT2D eigenvalue weighted by Gasteiger charge is -2.26. The molecule has 0 aliphatic carbocycles. The van der Waals surface area contributed by atoms with Gasteiger partial charge in [0.05, 0.1) is 18.0 Å². The summed E-state index contributed by atoms with van der Waals surface area (Å²) in [6, 6.07) is 24.3. The molecule has 3 aromatic carbocycles. The van der Waals surface area contributed by atoms with Crippen LogP contribution in [0.1, 0.15) is 28.2 Å². The van der Waals surface area contributed by atoms with E-state index in [1.165, 1.54) is 0 Å². The number of nitrogens with one attached hydrogen (secondary N) is 1. The predicted molar refractivity (Wildman–Crippen MR) is 121 cm³/mol. The van der Waals surface area contributed by atoms with Crippen LogP contribution in [-0.4, -0.2) is 24.2 Å². The molecule has 1 aliphatic heterocycles. The Morgan fingerprint density at radius 3 is 2.63 bits per heavy atom. The van der Waals surface area contributed by atoms with Crippen LogP contribution in [0, 0.1) is 0 Å². The number of amides is 2. The smallest absolute Gasteiger partial charge is 0.255 e. The van der Waals surface area contributed by atoms with Crippen LogP contribution >= 0.6 is 11.8 Å². The molecule has 3 aromatic rings. The number of ether oxygens (including phenoxy) is 1. The van der Waals surface area contributed by atoms with E-state index < -0.39 is 0 Å². The SMILES string of the molecule is CCOc1ccccc1N1C(=O)CSC1c1cccc(NC(=O)c2ccccc2)c1. The quantitative estimate of drug-likeness (QED) is 0.604. The molecular formula is C24H22N2O3S. The van der Waals surface area contributed by atoms with Crippen molar-refractivity contribution < 1.29 is 14.3 Å². The van der Waals surface area contributed by atoms with Crippen molar-refractivity contribution in [3.8, 4) is 5.75 Å². The fourth-order valence-corrected chi connectivity index (χ4v) is 4.59. The molecule has 0 bridgehead atoms. The standard InChI is InChI=1S/C24H22N2O3S/c1-2-29-21-14-7-6-13-20(21)26-22(27)16-30-24(26)18-11-8-12-19(15-18)25-23(28)17-9-4-3-5-10-17/h3-15,24H,2,16H2,1H3,(H,25,28). The zero-order valence-electron chi connectivity index (χ0n) is 16.6. The van der Waals surface area contributed by atoms with Crippen molar-refractivity contribution in [2.24, 2.45) is 0 Å². The van der Waals surface area contributed by atoms with E-state index in [4.69, 9.17) is 4.74 Å². The van der Waals surface area contributed by atoms with Crippen molar-refractivity contribution in [3.63, 3.8) is 0 Å². The van der Waals surface area contributed by atoms with Gasteiger partial charge < -0.3 is 10.1 Å². The van der Waals surface area contributed by atoms with Crippen molar-refractivity contribution in [1.29, 1.82) is 0 Å². The molecule has 1 saturated heterocycles. The molecule has 1 unspecified atom stereocenters. The van der Waals surface area contributed by atoms with Gasteiger partial charge in [-0.05, 0) is 48.9 Å². The second kappa shape index (κ2) is 9.05. The number of anilines is 2. The molecule has 1 aliphatic rings. The summed E-state index contributed by atoms with van der Waals surface area (Å²) in [5.41, 5.74) is 3.00.